The van der Waals surface area contributed by atoms with Gasteiger partial charge in [-0.2, -0.15) is 5.10 Å². The second kappa shape index (κ2) is 5.15. The van der Waals surface area contributed by atoms with Gasteiger partial charge < -0.3 is 5.32 Å². The van der Waals surface area contributed by atoms with E-state index in [9.17, 15) is 0 Å². The molecule has 0 spiro atoms. The molecule has 0 fully saturated rings. The summed E-state index contributed by atoms with van der Waals surface area (Å²) in [6, 6.07) is 8.96. The van der Waals surface area contributed by atoms with Crippen molar-refractivity contribution in [3.8, 4) is 0 Å². The number of rotatable bonds is 4. The monoisotopic (exact) mass is 271 g/mol. The number of hydrogen-bond donors (Lipinski definition) is 2. The van der Waals surface area contributed by atoms with Crippen LogP contribution in [0.2, 0.25) is 0 Å². The quantitative estimate of drug-likeness (QED) is 0.758. The molecule has 0 radical (unpaired) electrons. The Morgan fingerprint density at radius 2 is 2.21 bits per heavy atom. The summed E-state index contributed by atoms with van der Waals surface area (Å²) in [7, 11) is 0. The van der Waals surface area contributed by atoms with Crippen molar-refractivity contribution in [1.82, 2.24) is 15.5 Å². The van der Waals surface area contributed by atoms with E-state index >= 15 is 0 Å². The maximum atomic E-state index is 3.96. The first kappa shape index (κ1) is 12.4. The number of hydrogen-bond acceptors (Lipinski definition) is 3. The van der Waals surface area contributed by atoms with Crippen molar-refractivity contribution >= 4 is 21.4 Å². The van der Waals surface area contributed by atoms with Crippen LogP contribution >= 0.6 is 11.3 Å². The van der Waals surface area contributed by atoms with Crippen LogP contribution in [0.5, 0.6) is 0 Å². The van der Waals surface area contributed by atoms with Gasteiger partial charge in [0.05, 0.1) is 6.20 Å². The molecule has 3 aromatic rings. The summed E-state index contributed by atoms with van der Waals surface area (Å²) in [5.41, 5.74) is 2.58. The van der Waals surface area contributed by atoms with Crippen LogP contribution in [0, 0.1) is 6.92 Å². The molecule has 0 saturated carbocycles. The molecule has 3 rings (SSSR count). The molecule has 3 nitrogen and oxygen atoms in total. The average Bonchev–Trinajstić information content (AvgIpc) is 3.05. The number of nitrogens with one attached hydrogen (secondary N) is 2. The topological polar surface area (TPSA) is 40.7 Å². The normalized spacial score (nSPS) is 12.9. The highest BCUT2D eigenvalue weighted by Gasteiger charge is 2.13. The Bertz CT molecular complexity index is 670. The van der Waals surface area contributed by atoms with Crippen LogP contribution in [-0.4, -0.2) is 10.2 Å². The van der Waals surface area contributed by atoms with Gasteiger partial charge in [-0.1, -0.05) is 18.2 Å². The van der Waals surface area contributed by atoms with Crippen molar-refractivity contribution in [1.29, 1.82) is 0 Å². The number of fused-ring (bicyclic) bond motifs is 1. The van der Waals surface area contributed by atoms with E-state index in [1.54, 1.807) is 0 Å². The smallest absolute Gasteiger partial charge is 0.0532 e. The van der Waals surface area contributed by atoms with Gasteiger partial charge in [0.2, 0.25) is 0 Å². The van der Waals surface area contributed by atoms with Crippen LogP contribution in [0.25, 0.3) is 10.1 Å². The van der Waals surface area contributed by atoms with E-state index in [0.29, 0.717) is 6.04 Å². The van der Waals surface area contributed by atoms with Gasteiger partial charge in [-0.25, -0.2) is 0 Å². The molecule has 2 aromatic heterocycles. The van der Waals surface area contributed by atoms with Crippen molar-refractivity contribution in [3.63, 3.8) is 0 Å². The molecular weight excluding hydrogens is 254 g/mol. The molecule has 2 heterocycles. The number of H-pyrrole nitrogens is 1. The fraction of sp³-hybridized carbons (Fsp3) is 0.267. The van der Waals surface area contributed by atoms with E-state index in [1.165, 1.54) is 26.1 Å². The van der Waals surface area contributed by atoms with Crippen LogP contribution in [0.1, 0.15) is 29.0 Å². The zero-order chi connectivity index (χ0) is 13.2. The number of benzene rings is 1. The third-order valence-electron chi connectivity index (χ3n) is 3.44. The number of aryl methyl sites for hydroxylation is 1. The molecule has 1 atom stereocenters. The summed E-state index contributed by atoms with van der Waals surface area (Å²) in [5.74, 6) is 0. The first-order valence-corrected chi connectivity index (χ1v) is 7.26. The van der Waals surface area contributed by atoms with E-state index in [2.05, 4.69) is 53.6 Å². The van der Waals surface area contributed by atoms with E-state index in [0.717, 1.165) is 6.54 Å². The maximum Gasteiger partial charge on any atom is 0.0532 e. The number of aromatic amines is 1. The molecule has 0 amide bonds. The Morgan fingerprint density at radius 3 is 2.95 bits per heavy atom. The second-order valence-corrected chi connectivity index (χ2v) is 5.88. The van der Waals surface area contributed by atoms with E-state index < -0.39 is 0 Å². The van der Waals surface area contributed by atoms with Crippen molar-refractivity contribution in [2.24, 2.45) is 0 Å². The Morgan fingerprint density at radius 1 is 1.37 bits per heavy atom. The van der Waals surface area contributed by atoms with E-state index in [-0.39, 0.29) is 0 Å². The third kappa shape index (κ3) is 2.41. The van der Waals surface area contributed by atoms with Gasteiger partial charge in [-0.05, 0) is 30.9 Å². The number of thiophene rings is 1. The van der Waals surface area contributed by atoms with Crippen LogP contribution in [0.3, 0.4) is 0 Å². The first-order valence-electron chi connectivity index (χ1n) is 6.45. The van der Waals surface area contributed by atoms with Gasteiger partial charge in [0.15, 0.2) is 0 Å². The van der Waals surface area contributed by atoms with Gasteiger partial charge in [-0.15, -0.1) is 11.3 Å². The lowest BCUT2D eigenvalue weighted by molar-refractivity contribution is 0.581. The standard InChI is InChI=1S/C15H17N3S/c1-10-13-5-3-4-6-14(13)19-15(10)11(2)16-7-12-8-17-18-9-12/h3-6,8-9,11,16H,7H2,1-2H3,(H,17,18). The first-order chi connectivity index (χ1) is 9.25. The summed E-state index contributed by atoms with van der Waals surface area (Å²) in [6.45, 7) is 5.27. The predicted molar refractivity (Wildman–Crippen MR) is 80.4 cm³/mol. The van der Waals surface area contributed by atoms with Gasteiger partial charge in [0.25, 0.3) is 0 Å². The lowest BCUT2D eigenvalue weighted by atomic mass is 10.1. The Balaban J connectivity index is 1.81. The van der Waals surface area contributed by atoms with Gasteiger partial charge in [-0.3, -0.25) is 5.10 Å². The summed E-state index contributed by atoms with van der Waals surface area (Å²) in [5, 5.41) is 11.7. The van der Waals surface area contributed by atoms with Crippen LogP contribution in [-0.2, 0) is 6.54 Å². The molecule has 1 unspecified atom stereocenters. The maximum absolute atomic E-state index is 3.96. The van der Waals surface area contributed by atoms with Crippen LogP contribution < -0.4 is 5.32 Å². The second-order valence-electron chi connectivity index (χ2n) is 4.80. The number of aromatic nitrogens is 2. The highest BCUT2D eigenvalue weighted by atomic mass is 32.1. The molecule has 1 aromatic carbocycles. The molecule has 0 saturated heterocycles. The van der Waals surface area contributed by atoms with Crippen molar-refractivity contribution in [2.75, 3.05) is 0 Å². The minimum atomic E-state index is 0.354. The fourth-order valence-electron chi connectivity index (χ4n) is 2.34. The minimum absolute atomic E-state index is 0.354. The average molecular weight is 271 g/mol. The van der Waals surface area contributed by atoms with Crippen molar-refractivity contribution in [3.05, 3.63) is 52.7 Å². The Labute approximate surface area is 116 Å². The van der Waals surface area contributed by atoms with Gasteiger partial charge >= 0.3 is 0 Å². The molecule has 2 N–H and O–H groups in total. The zero-order valence-corrected chi connectivity index (χ0v) is 11.9. The highest BCUT2D eigenvalue weighted by Crippen LogP contribution is 2.34. The van der Waals surface area contributed by atoms with Crippen LogP contribution in [0.15, 0.2) is 36.7 Å². The summed E-state index contributed by atoms with van der Waals surface area (Å²) < 4.78 is 1.37. The molecule has 4 heteroatoms. The zero-order valence-electron chi connectivity index (χ0n) is 11.1. The molecule has 0 aliphatic heterocycles. The predicted octanol–water partition coefficient (Wildman–Crippen LogP) is 3.78. The van der Waals surface area contributed by atoms with Gasteiger partial charge in [0, 0.05) is 33.9 Å². The minimum Gasteiger partial charge on any atom is -0.305 e. The Kier molecular flexibility index (Phi) is 3.36. The molecule has 0 bridgehead atoms. The van der Waals surface area contributed by atoms with E-state index in [4.69, 9.17) is 0 Å². The van der Waals surface area contributed by atoms with Crippen molar-refractivity contribution < 1.29 is 0 Å². The fourth-order valence-corrected chi connectivity index (χ4v) is 3.58. The summed E-state index contributed by atoms with van der Waals surface area (Å²) in [6.07, 6.45) is 3.79. The highest BCUT2D eigenvalue weighted by molar-refractivity contribution is 7.19. The molecule has 98 valence electrons. The van der Waals surface area contributed by atoms with Gasteiger partial charge in [0.1, 0.15) is 0 Å². The molecule has 0 aliphatic carbocycles. The molecular formula is C15H17N3S. The third-order valence-corrected chi connectivity index (χ3v) is 4.90. The molecule has 19 heavy (non-hydrogen) atoms. The summed E-state index contributed by atoms with van der Waals surface area (Å²) >= 11 is 1.88. The van der Waals surface area contributed by atoms with E-state index in [1.807, 2.05) is 23.7 Å². The Hall–Kier alpha value is -1.65. The SMILES string of the molecule is Cc1c(C(C)NCc2cn[nH]c2)sc2ccccc12. The molecule has 0 aliphatic rings. The lowest BCUT2D eigenvalue weighted by Gasteiger charge is -2.12. The van der Waals surface area contributed by atoms with Crippen molar-refractivity contribution in [2.45, 2.75) is 26.4 Å². The largest absolute Gasteiger partial charge is 0.305 e. The summed E-state index contributed by atoms with van der Waals surface area (Å²) in [4.78, 5) is 1.42. The number of nitrogens with zero attached hydrogens (tertiary/aromatic N) is 1. The lowest BCUT2D eigenvalue weighted by Crippen LogP contribution is -2.17. The van der Waals surface area contributed by atoms with Crippen LogP contribution in [0.4, 0.5) is 0 Å².